The number of para-hydroxylation sites is 2. The number of benzene rings is 1. The summed E-state index contributed by atoms with van der Waals surface area (Å²) < 4.78 is 10.3. The lowest BCUT2D eigenvalue weighted by molar-refractivity contribution is -0.149. The third kappa shape index (κ3) is 4.47. The maximum atomic E-state index is 12.5. The van der Waals surface area contributed by atoms with Gasteiger partial charge >= 0.3 is 5.97 Å². The Bertz CT molecular complexity index is 568. The number of methoxy groups -OCH3 is 1. The molecule has 1 amide bonds. The van der Waals surface area contributed by atoms with Crippen molar-refractivity contribution in [2.24, 2.45) is 5.92 Å². The number of piperidine rings is 1. The van der Waals surface area contributed by atoms with E-state index in [0.29, 0.717) is 31.1 Å². The monoisotopic (exact) mass is 334 g/mol. The quantitative estimate of drug-likeness (QED) is 0.809. The average Bonchev–Trinajstić information content (AvgIpc) is 2.61. The van der Waals surface area contributed by atoms with Gasteiger partial charge in [0, 0.05) is 0 Å². The van der Waals surface area contributed by atoms with E-state index in [1.807, 2.05) is 38.1 Å². The Kier molecular flexibility index (Phi) is 6.61. The lowest BCUT2D eigenvalue weighted by Crippen LogP contribution is -2.47. The first-order chi connectivity index (χ1) is 11.6. The van der Waals surface area contributed by atoms with Gasteiger partial charge in [0.15, 0.2) is 0 Å². The van der Waals surface area contributed by atoms with Gasteiger partial charge in [-0.2, -0.15) is 0 Å². The maximum Gasteiger partial charge on any atom is 0.309 e. The predicted molar refractivity (Wildman–Crippen MR) is 92.0 cm³/mol. The summed E-state index contributed by atoms with van der Waals surface area (Å²) in [7, 11) is 1.58. The lowest BCUT2D eigenvalue weighted by Gasteiger charge is -2.34. The Morgan fingerprint density at radius 1 is 1.29 bits per heavy atom. The fraction of sp³-hybridized carbons (Fsp3) is 0.556. The number of ether oxygens (including phenoxy) is 2. The number of nitrogens with one attached hydrogen (secondary N) is 1. The third-order valence-corrected chi connectivity index (χ3v) is 4.44. The van der Waals surface area contributed by atoms with Crippen LogP contribution in [0.1, 0.15) is 26.7 Å². The molecule has 1 N–H and O–H groups in total. The summed E-state index contributed by atoms with van der Waals surface area (Å²) in [5.41, 5.74) is 0.665. The highest BCUT2D eigenvalue weighted by molar-refractivity contribution is 5.95. The summed E-state index contributed by atoms with van der Waals surface area (Å²) in [5.74, 6) is 0.391. The Hall–Kier alpha value is -2.08. The van der Waals surface area contributed by atoms with E-state index in [4.69, 9.17) is 9.47 Å². The SMILES string of the molecule is CCOC(=O)C1CCN([C@@H](C)C(=O)Nc2ccccc2OC)CC1. The van der Waals surface area contributed by atoms with E-state index in [2.05, 4.69) is 10.2 Å². The molecule has 1 fully saturated rings. The number of esters is 1. The molecule has 0 unspecified atom stereocenters. The van der Waals surface area contributed by atoms with Gasteiger partial charge in [-0.1, -0.05) is 12.1 Å². The number of anilines is 1. The molecule has 0 bridgehead atoms. The van der Waals surface area contributed by atoms with Crippen molar-refractivity contribution in [3.63, 3.8) is 0 Å². The molecule has 0 radical (unpaired) electrons. The molecule has 0 aromatic heterocycles. The molecular formula is C18H26N2O4. The molecule has 1 aliphatic rings. The summed E-state index contributed by atoms with van der Waals surface area (Å²) in [5, 5.41) is 2.92. The van der Waals surface area contributed by atoms with Gasteiger partial charge in [0.2, 0.25) is 5.91 Å². The van der Waals surface area contributed by atoms with Gasteiger partial charge in [-0.25, -0.2) is 0 Å². The minimum atomic E-state index is -0.266. The second-order valence-electron chi connectivity index (χ2n) is 5.93. The van der Waals surface area contributed by atoms with Crippen molar-refractivity contribution < 1.29 is 19.1 Å². The minimum absolute atomic E-state index is 0.0503. The summed E-state index contributed by atoms with van der Waals surface area (Å²) in [6.45, 7) is 5.54. The molecule has 1 atom stereocenters. The van der Waals surface area contributed by atoms with Gasteiger partial charge in [-0.05, 0) is 51.9 Å². The van der Waals surface area contributed by atoms with Gasteiger partial charge in [0.1, 0.15) is 5.75 Å². The van der Waals surface area contributed by atoms with Crippen molar-refractivity contribution in [2.45, 2.75) is 32.7 Å². The average molecular weight is 334 g/mol. The molecule has 1 heterocycles. The Morgan fingerprint density at radius 3 is 2.58 bits per heavy atom. The molecule has 1 saturated heterocycles. The van der Waals surface area contributed by atoms with Crippen LogP contribution < -0.4 is 10.1 Å². The molecule has 6 heteroatoms. The molecule has 24 heavy (non-hydrogen) atoms. The first-order valence-electron chi connectivity index (χ1n) is 8.41. The van der Waals surface area contributed by atoms with Crippen LogP contribution in [0.5, 0.6) is 5.75 Å². The second-order valence-corrected chi connectivity index (χ2v) is 5.93. The summed E-state index contributed by atoms with van der Waals surface area (Å²) in [4.78, 5) is 26.4. The molecular weight excluding hydrogens is 308 g/mol. The fourth-order valence-corrected chi connectivity index (χ4v) is 2.93. The van der Waals surface area contributed by atoms with Crippen LogP contribution >= 0.6 is 0 Å². The van der Waals surface area contributed by atoms with Crippen molar-refractivity contribution in [1.29, 1.82) is 0 Å². The minimum Gasteiger partial charge on any atom is -0.495 e. The topological polar surface area (TPSA) is 67.9 Å². The molecule has 0 spiro atoms. The number of nitrogens with zero attached hydrogens (tertiary/aromatic N) is 1. The smallest absolute Gasteiger partial charge is 0.309 e. The molecule has 1 aromatic carbocycles. The van der Waals surface area contributed by atoms with E-state index in [-0.39, 0.29) is 23.8 Å². The zero-order chi connectivity index (χ0) is 17.5. The highest BCUT2D eigenvalue weighted by Crippen LogP contribution is 2.24. The summed E-state index contributed by atoms with van der Waals surface area (Å²) in [6.07, 6.45) is 1.45. The van der Waals surface area contributed by atoms with Crippen molar-refractivity contribution in [1.82, 2.24) is 4.90 Å². The van der Waals surface area contributed by atoms with Crippen molar-refractivity contribution in [2.75, 3.05) is 32.1 Å². The standard InChI is InChI=1S/C18H26N2O4/c1-4-24-18(22)14-9-11-20(12-10-14)13(2)17(21)19-15-7-5-6-8-16(15)23-3/h5-8,13-14H,4,9-12H2,1-3H3,(H,19,21)/t13-/m0/s1. The fourth-order valence-electron chi connectivity index (χ4n) is 2.93. The zero-order valence-corrected chi connectivity index (χ0v) is 14.6. The first kappa shape index (κ1) is 18.3. The van der Waals surface area contributed by atoms with Gasteiger partial charge in [0.05, 0.1) is 31.4 Å². The number of likely N-dealkylation sites (tertiary alicyclic amines) is 1. The Morgan fingerprint density at radius 2 is 1.96 bits per heavy atom. The number of carbonyl (C=O) groups excluding carboxylic acids is 2. The van der Waals surface area contributed by atoms with Crippen LogP contribution in [0.15, 0.2) is 24.3 Å². The van der Waals surface area contributed by atoms with Crippen LogP contribution in [-0.2, 0) is 14.3 Å². The Balaban J connectivity index is 1.89. The second kappa shape index (κ2) is 8.68. The molecule has 0 saturated carbocycles. The maximum absolute atomic E-state index is 12.5. The van der Waals surface area contributed by atoms with E-state index in [9.17, 15) is 9.59 Å². The highest BCUT2D eigenvalue weighted by atomic mass is 16.5. The van der Waals surface area contributed by atoms with E-state index < -0.39 is 0 Å². The number of hydrogen-bond donors (Lipinski definition) is 1. The normalized spacial score (nSPS) is 17.1. The molecule has 1 aliphatic heterocycles. The predicted octanol–water partition coefficient (Wildman–Crippen LogP) is 2.30. The van der Waals surface area contributed by atoms with Gasteiger partial charge in [0.25, 0.3) is 0 Å². The summed E-state index contributed by atoms with van der Waals surface area (Å²) in [6, 6.07) is 7.07. The van der Waals surface area contributed by atoms with Crippen LogP contribution in [0.3, 0.4) is 0 Å². The van der Waals surface area contributed by atoms with E-state index in [1.54, 1.807) is 7.11 Å². The van der Waals surface area contributed by atoms with Gasteiger partial charge in [-0.15, -0.1) is 0 Å². The highest BCUT2D eigenvalue weighted by Gasteiger charge is 2.30. The molecule has 1 aromatic rings. The Labute approximate surface area is 143 Å². The largest absolute Gasteiger partial charge is 0.495 e. The van der Waals surface area contributed by atoms with Crippen LogP contribution in [0.25, 0.3) is 0 Å². The zero-order valence-electron chi connectivity index (χ0n) is 14.6. The first-order valence-corrected chi connectivity index (χ1v) is 8.41. The van der Waals surface area contributed by atoms with Crippen molar-refractivity contribution in [3.05, 3.63) is 24.3 Å². The molecule has 132 valence electrons. The van der Waals surface area contributed by atoms with Crippen molar-refractivity contribution >= 4 is 17.6 Å². The molecule has 2 rings (SSSR count). The molecule has 0 aliphatic carbocycles. The number of hydrogen-bond acceptors (Lipinski definition) is 5. The van der Waals surface area contributed by atoms with E-state index >= 15 is 0 Å². The summed E-state index contributed by atoms with van der Waals surface area (Å²) >= 11 is 0. The van der Waals surface area contributed by atoms with E-state index in [1.165, 1.54) is 0 Å². The van der Waals surface area contributed by atoms with Crippen molar-refractivity contribution in [3.8, 4) is 5.75 Å². The molecule has 6 nitrogen and oxygen atoms in total. The number of rotatable bonds is 6. The number of amides is 1. The van der Waals surface area contributed by atoms with Crippen LogP contribution in [0, 0.1) is 5.92 Å². The number of carbonyl (C=O) groups is 2. The van der Waals surface area contributed by atoms with Gasteiger partial charge < -0.3 is 14.8 Å². The van der Waals surface area contributed by atoms with Gasteiger partial charge in [-0.3, -0.25) is 14.5 Å². The van der Waals surface area contributed by atoms with Crippen LogP contribution in [-0.4, -0.2) is 49.6 Å². The van der Waals surface area contributed by atoms with E-state index in [0.717, 1.165) is 12.8 Å². The lowest BCUT2D eigenvalue weighted by atomic mass is 9.96. The van der Waals surface area contributed by atoms with Crippen LogP contribution in [0.4, 0.5) is 5.69 Å². The van der Waals surface area contributed by atoms with Crippen LogP contribution in [0.2, 0.25) is 0 Å². The third-order valence-electron chi connectivity index (χ3n) is 4.44.